The Morgan fingerprint density at radius 2 is 1.86 bits per heavy atom. The number of hydrogen-bond acceptors (Lipinski definition) is 5. The second-order valence-electron chi connectivity index (χ2n) is 6.31. The van der Waals surface area contributed by atoms with Gasteiger partial charge >= 0.3 is 0 Å². The van der Waals surface area contributed by atoms with Crippen molar-refractivity contribution in [2.45, 2.75) is 13.3 Å². The number of aryl methyl sites for hydroxylation is 2. The SMILES string of the molecule is Cc1c(C(=O)NCCNC(=O)Cc2ccc(F)cc2)sc2ncn(C)c(=O)c12. The van der Waals surface area contributed by atoms with Gasteiger partial charge < -0.3 is 15.2 Å². The number of rotatable bonds is 6. The van der Waals surface area contributed by atoms with Crippen LogP contribution in [0.4, 0.5) is 4.39 Å². The average Bonchev–Trinajstić information content (AvgIpc) is 3.01. The third-order valence-corrected chi connectivity index (χ3v) is 5.43. The quantitative estimate of drug-likeness (QED) is 0.612. The molecule has 0 bridgehead atoms. The Hall–Kier alpha value is -3.07. The van der Waals surface area contributed by atoms with Gasteiger partial charge in [0.05, 0.1) is 23.0 Å². The van der Waals surface area contributed by atoms with Gasteiger partial charge in [-0.1, -0.05) is 12.1 Å². The Bertz CT molecular complexity index is 1090. The fourth-order valence-electron chi connectivity index (χ4n) is 2.73. The molecular weight excluding hydrogens is 383 g/mol. The lowest BCUT2D eigenvalue weighted by Crippen LogP contribution is -2.35. The van der Waals surface area contributed by atoms with Crippen LogP contribution in [0, 0.1) is 12.7 Å². The molecule has 0 aliphatic heterocycles. The zero-order valence-corrected chi connectivity index (χ0v) is 16.2. The Kier molecular flexibility index (Phi) is 5.84. The van der Waals surface area contributed by atoms with Gasteiger partial charge in [0.2, 0.25) is 5.91 Å². The van der Waals surface area contributed by atoms with Crippen LogP contribution in [0.15, 0.2) is 35.4 Å². The Morgan fingerprint density at radius 1 is 1.18 bits per heavy atom. The maximum Gasteiger partial charge on any atom is 0.262 e. The minimum atomic E-state index is -0.351. The van der Waals surface area contributed by atoms with Gasteiger partial charge in [-0.05, 0) is 30.2 Å². The first kappa shape index (κ1) is 19.7. The van der Waals surface area contributed by atoms with Crippen molar-refractivity contribution in [1.29, 1.82) is 0 Å². The topological polar surface area (TPSA) is 93.1 Å². The van der Waals surface area contributed by atoms with E-state index in [1.165, 1.54) is 34.4 Å². The van der Waals surface area contributed by atoms with Crippen LogP contribution in [-0.4, -0.2) is 34.5 Å². The molecule has 0 aliphatic carbocycles. The summed E-state index contributed by atoms with van der Waals surface area (Å²) in [4.78, 5) is 41.7. The standard InChI is InChI=1S/C19H19FN4O3S/c1-11-15-18(23-10-24(2)19(15)27)28-16(11)17(26)22-8-7-21-14(25)9-12-3-5-13(20)6-4-12/h3-6,10H,7-9H2,1-2H3,(H,21,25)(H,22,26). The molecule has 1 aromatic carbocycles. The number of amides is 2. The van der Waals surface area contributed by atoms with Crippen molar-refractivity contribution in [2.24, 2.45) is 7.05 Å². The van der Waals surface area contributed by atoms with Crippen LogP contribution in [0.1, 0.15) is 20.8 Å². The molecule has 146 valence electrons. The largest absolute Gasteiger partial charge is 0.354 e. The predicted octanol–water partition coefficient (Wildman–Crippen LogP) is 1.53. The zero-order valence-electron chi connectivity index (χ0n) is 15.4. The number of halogens is 1. The molecule has 9 heteroatoms. The van der Waals surface area contributed by atoms with Gasteiger partial charge in [-0.2, -0.15) is 0 Å². The van der Waals surface area contributed by atoms with Gasteiger partial charge in [-0.3, -0.25) is 14.4 Å². The lowest BCUT2D eigenvalue weighted by molar-refractivity contribution is -0.120. The summed E-state index contributed by atoms with van der Waals surface area (Å²) in [6, 6.07) is 5.72. The highest BCUT2D eigenvalue weighted by atomic mass is 32.1. The molecule has 2 N–H and O–H groups in total. The summed E-state index contributed by atoms with van der Waals surface area (Å²) in [6.07, 6.45) is 1.57. The molecule has 3 rings (SSSR count). The molecule has 0 radical (unpaired) electrons. The molecule has 2 aromatic heterocycles. The molecule has 0 atom stereocenters. The van der Waals surface area contributed by atoms with E-state index in [1.54, 1.807) is 26.1 Å². The fourth-order valence-corrected chi connectivity index (χ4v) is 3.79. The van der Waals surface area contributed by atoms with Crippen LogP contribution >= 0.6 is 11.3 Å². The minimum Gasteiger partial charge on any atom is -0.354 e. The van der Waals surface area contributed by atoms with Crippen LogP contribution in [0.2, 0.25) is 0 Å². The fraction of sp³-hybridized carbons (Fsp3) is 0.263. The van der Waals surface area contributed by atoms with E-state index in [0.29, 0.717) is 26.2 Å². The maximum atomic E-state index is 12.9. The van der Waals surface area contributed by atoms with E-state index in [-0.39, 0.29) is 42.7 Å². The van der Waals surface area contributed by atoms with Gasteiger partial charge in [-0.25, -0.2) is 9.37 Å². The number of thiophene rings is 1. The number of nitrogens with zero attached hydrogens (tertiary/aromatic N) is 2. The first-order chi connectivity index (χ1) is 13.4. The monoisotopic (exact) mass is 402 g/mol. The Labute approximate surface area is 164 Å². The Morgan fingerprint density at radius 3 is 2.57 bits per heavy atom. The van der Waals surface area contributed by atoms with Crippen LogP contribution in [0.3, 0.4) is 0 Å². The molecule has 3 aromatic rings. The zero-order chi connectivity index (χ0) is 20.3. The number of hydrogen-bond donors (Lipinski definition) is 2. The van der Waals surface area contributed by atoms with Crippen LogP contribution in [-0.2, 0) is 18.3 Å². The molecule has 2 amide bonds. The summed E-state index contributed by atoms with van der Waals surface area (Å²) >= 11 is 1.17. The first-order valence-corrected chi connectivity index (χ1v) is 9.42. The third kappa shape index (κ3) is 4.25. The second-order valence-corrected chi connectivity index (χ2v) is 7.31. The minimum absolute atomic E-state index is 0.138. The third-order valence-electron chi connectivity index (χ3n) is 4.23. The van der Waals surface area contributed by atoms with Gasteiger partial charge in [-0.15, -0.1) is 11.3 Å². The molecular formula is C19H19FN4O3S. The van der Waals surface area contributed by atoms with Gasteiger partial charge in [0, 0.05) is 20.1 Å². The van der Waals surface area contributed by atoms with Crippen molar-refractivity contribution >= 4 is 33.4 Å². The van der Waals surface area contributed by atoms with Crippen LogP contribution in [0.25, 0.3) is 10.2 Å². The van der Waals surface area contributed by atoms with Crippen molar-refractivity contribution in [2.75, 3.05) is 13.1 Å². The highest BCUT2D eigenvalue weighted by molar-refractivity contribution is 7.20. The van der Waals surface area contributed by atoms with E-state index in [9.17, 15) is 18.8 Å². The van der Waals surface area contributed by atoms with Crippen molar-refractivity contribution < 1.29 is 14.0 Å². The van der Waals surface area contributed by atoms with Gasteiger partial charge in [0.1, 0.15) is 10.6 Å². The highest BCUT2D eigenvalue weighted by Gasteiger charge is 2.18. The van der Waals surface area contributed by atoms with E-state index in [0.717, 1.165) is 0 Å². The average molecular weight is 402 g/mol. The number of fused-ring (bicyclic) bond motifs is 1. The summed E-state index contributed by atoms with van der Waals surface area (Å²) in [5.41, 5.74) is 1.12. The molecule has 0 saturated heterocycles. The molecule has 0 fully saturated rings. The first-order valence-electron chi connectivity index (χ1n) is 8.61. The molecule has 7 nitrogen and oxygen atoms in total. The van der Waals surface area contributed by atoms with Crippen molar-refractivity contribution in [3.8, 4) is 0 Å². The summed E-state index contributed by atoms with van der Waals surface area (Å²) in [5, 5.41) is 5.88. The predicted molar refractivity (Wildman–Crippen MR) is 105 cm³/mol. The molecule has 0 saturated carbocycles. The van der Waals surface area contributed by atoms with E-state index in [2.05, 4.69) is 15.6 Å². The molecule has 2 heterocycles. The molecule has 0 unspecified atom stereocenters. The van der Waals surface area contributed by atoms with E-state index in [4.69, 9.17) is 0 Å². The second kappa shape index (κ2) is 8.30. The molecule has 0 spiro atoms. The van der Waals surface area contributed by atoms with Crippen LogP contribution in [0.5, 0.6) is 0 Å². The summed E-state index contributed by atoms with van der Waals surface area (Å²) < 4.78 is 14.2. The Balaban J connectivity index is 1.53. The van der Waals surface area contributed by atoms with E-state index >= 15 is 0 Å². The smallest absolute Gasteiger partial charge is 0.262 e. The van der Waals surface area contributed by atoms with Crippen molar-refractivity contribution in [1.82, 2.24) is 20.2 Å². The molecule has 28 heavy (non-hydrogen) atoms. The number of nitrogens with one attached hydrogen (secondary N) is 2. The number of carbonyl (C=O) groups excluding carboxylic acids is 2. The lowest BCUT2D eigenvalue weighted by atomic mass is 10.1. The number of carbonyl (C=O) groups is 2. The summed E-state index contributed by atoms with van der Waals surface area (Å²) in [7, 11) is 1.61. The normalized spacial score (nSPS) is 10.8. The molecule has 0 aliphatic rings. The number of benzene rings is 1. The van der Waals surface area contributed by atoms with Gasteiger partial charge in [0.25, 0.3) is 11.5 Å². The van der Waals surface area contributed by atoms with Gasteiger partial charge in [0.15, 0.2) is 0 Å². The number of aromatic nitrogens is 2. The summed E-state index contributed by atoms with van der Waals surface area (Å²) in [5.74, 6) is -0.876. The highest BCUT2D eigenvalue weighted by Crippen LogP contribution is 2.26. The van der Waals surface area contributed by atoms with Crippen molar-refractivity contribution in [3.05, 3.63) is 62.8 Å². The lowest BCUT2D eigenvalue weighted by Gasteiger charge is -2.07. The van der Waals surface area contributed by atoms with E-state index < -0.39 is 0 Å². The summed E-state index contributed by atoms with van der Waals surface area (Å²) in [6.45, 7) is 2.23. The van der Waals surface area contributed by atoms with Crippen LogP contribution < -0.4 is 16.2 Å². The van der Waals surface area contributed by atoms with E-state index in [1.807, 2.05) is 0 Å². The van der Waals surface area contributed by atoms with Crippen molar-refractivity contribution in [3.63, 3.8) is 0 Å². The maximum absolute atomic E-state index is 12.9.